The van der Waals surface area contributed by atoms with Crippen LogP contribution < -0.4 is 14.2 Å². The molecule has 2 aromatic carbocycles. The van der Waals surface area contributed by atoms with E-state index in [0.29, 0.717) is 49.7 Å². The average Bonchev–Trinajstić information content (AvgIpc) is 2.90. The molecule has 0 amide bonds. The first-order chi connectivity index (χ1) is 18.2. The van der Waals surface area contributed by atoms with Crippen molar-refractivity contribution in [3.63, 3.8) is 0 Å². The van der Waals surface area contributed by atoms with Crippen molar-refractivity contribution in [2.45, 2.75) is 25.3 Å². The summed E-state index contributed by atoms with van der Waals surface area (Å²) in [6.07, 6.45) is -2.19. The maximum atomic E-state index is 13.5. The molecule has 0 unspecified atom stereocenters. The summed E-state index contributed by atoms with van der Waals surface area (Å²) in [4.78, 5) is 13.2. The minimum atomic E-state index is -4.78. The molecule has 0 spiro atoms. The van der Waals surface area contributed by atoms with E-state index in [1.54, 1.807) is 24.3 Å². The first kappa shape index (κ1) is 27.4. The predicted molar refractivity (Wildman–Crippen MR) is 129 cm³/mol. The highest BCUT2D eigenvalue weighted by molar-refractivity contribution is 5.86. The Bertz CT molecular complexity index is 1220. The Hall–Kier alpha value is -3.60. The van der Waals surface area contributed by atoms with E-state index in [4.69, 9.17) is 19.3 Å². The van der Waals surface area contributed by atoms with Gasteiger partial charge >= 0.3 is 12.1 Å². The third kappa shape index (κ3) is 6.83. The fourth-order valence-corrected chi connectivity index (χ4v) is 4.15. The fourth-order valence-electron chi connectivity index (χ4n) is 4.15. The molecule has 0 radical (unpaired) electrons. The molecular formula is C27H26F5NO5. The van der Waals surface area contributed by atoms with Crippen molar-refractivity contribution < 1.29 is 46.1 Å². The van der Waals surface area contributed by atoms with Crippen molar-refractivity contribution in [3.8, 4) is 17.2 Å². The normalized spacial score (nSPS) is 15.8. The lowest BCUT2D eigenvalue weighted by atomic mass is 10.0. The van der Waals surface area contributed by atoms with Crippen LogP contribution in [-0.4, -0.2) is 61.7 Å². The van der Waals surface area contributed by atoms with Crippen LogP contribution in [-0.2, 0) is 17.6 Å². The van der Waals surface area contributed by atoms with Crippen LogP contribution in [0.5, 0.6) is 17.2 Å². The molecule has 0 atom stereocenters. The Labute approximate surface area is 215 Å². The van der Waals surface area contributed by atoms with Crippen LogP contribution in [0.3, 0.4) is 0 Å². The molecule has 2 aliphatic rings. The van der Waals surface area contributed by atoms with Crippen LogP contribution in [0.1, 0.15) is 23.1 Å². The summed E-state index contributed by atoms with van der Waals surface area (Å²) in [5.41, 5.74) is 1.34. The summed E-state index contributed by atoms with van der Waals surface area (Å²) in [5.74, 6) is -0.564. The van der Waals surface area contributed by atoms with Gasteiger partial charge in [-0.2, -0.15) is 13.2 Å². The lowest BCUT2D eigenvalue weighted by Gasteiger charge is -2.27. The van der Waals surface area contributed by atoms with Crippen LogP contribution >= 0.6 is 0 Å². The highest BCUT2D eigenvalue weighted by Gasteiger charge is 2.35. The minimum Gasteiger partial charge on any atom is -0.489 e. The number of ether oxygens (including phenoxy) is 3. The van der Waals surface area contributed by atoms with Crippen molar-refractivity contribution in [2.24, 2.45) is 0 Å². The van der Waals surface area contributed by atoms with Gasteiger partial charge in [-0.3, -0.25) is 4.90 Å². The molecule has 0 fully saturated rings. The van der Waals surface area contributed by atoms with Crippen LogP contribution in [0, 0.1) is 0 Å². The molecule has 0 saturated heterocycles. The van der Waals surface area contributed by atoms with Crippen molar-refractivity contribution >= 4 is 12.0 Å². The monoisotopic (exact) mass is 539 g/mol. The summed E-state index contributed by atoms with van der Waals surface area (Å²) in [7, 11) is 0. The van der Waals surface area contributed by atoms with Gasteiger partial charge in [0.05, 0.1) is 5.56 Å². The molecule has 0 aromatic heterocycles. The fraction of sp³-hybridized carbons (Fsp3) is 0.370. The molecule has 2 aliphatic heterocycles. The summed E-state index contributed by atoms with van der Waals surface area (Å²) in [6.45, 7) is -0.506. The number of carboxylic acid groups (broad SMARTS) is 1. The van der Waals surface area contributed by atoms with E-state index in [1.807, 2.05) is 6.08 Å². The highest BCUT2D eigenvalue weighted by Crippen LogP contribution is 2.38. The summed E-state index contributed by atoms with van der Waals surface area (Å²) in [6, 6.07) is 8.33. The Kier molecular flexibility index (Phi) is 8.55. The van der Waals surface area contributed by atoms with Gasteiger partial charge in [0.15, 0.2) is 6.10 Å². The number of halogens is 5. The number of carbonyl (C=O) groups is 1. The second-order valence-electron chi connectivity index (χ2n) is 8.98. The lowest BCUT2D eigenvalue weighted by Crippen LogP contribution is -2.33. The third-order valence-corrected chi connectivity index (χ3v) is 6.15. The van der Waals surface area contributed by atoms with Crippen molar-refractivity contribution in [1.82, 2.24) is 4.90 Å². The Morgan fingerprint density at radius 1 is 1.13 bits per heavy atom. The Morgan fingerprint density at radius 3 is 2.58 bits per heavy atom. The molecule has 0 aliphatic carbocycles. The SMILES string of the molecule is O=C(O)C1=CCN(CC2=Cc3ccc(OCc4ccc(OC(CF)CF)c(C(F)(F)F)c4)cc3OC2)CC1. The molecule has 4 rings (SSSR count). The molecule has 11 heteroatoms. The van der Waals surface area contributed by atoms with Crippen LogP contribution in [0.2, 0.25) is 0 Å². The molecule has 6 nitrogen and oxygen atoms in total. The van der Waals surface area contributed by atoms with Gasteiger partial charge in [-0.15, -0.1) is 0 Å². The van der Waals surface area contributed by atoms with Crippen LogP contribution in [0.15, 0.2) is 53.6 Å². The molecule has 38 heavy (non-hydrogen) atoms. The molecular weight excluding hydrogens is 513 g/mol. The van der Waals surface area contributed by atoms with Gasteiger partial charge in [-0.05, 0) is 47.9 Å². The largest absolute Gasteiger partial charge is 0.489 e. The first-order valence-corrected chi connectivity index (χ1v) is 11.9. The van der Waals surface area contributed by atoms with E-state index in [-0.39, 0.29) is 12.2 Å². The Morgan fingerprint density at radius 2 is 1.92 bits per heavy atom. The van der Waals surface area contributed by atoms with Crippen LogP contribution in [0.4, 0.5) is 22.0 Å². The zero-order chi connectivity index (χ0) is 27.3. The van der Waals surface area contributed by atoms with Gasteiger partial charge < -0.3 is 19.3 Å². The van der Waals surface area contributed by atoms with Gasteiger partial charge in [-0.25, -0.2) is 13.6 Å². The molecule has 1 N–H and O–H groups in total. The molecule has 204 valence electrons. The average molecular weight is 539 g/mol. The molecule has 2 aromatic rings. The maximum Gasteiger partial charge on any atom is 0.419 e. The summed E-state index contributed by atoms with van der Waals surface area (Å²) in [5, 5.41) is 9.08. The molecule has 0 saturated carbocycles. The second-order valence-corrected chi connectivity index (χ2v) is 8.98. The van der Waals surface area contributed by atoms with Gasteiger partial charge in [0.2, 0.25) is 0 Å². The number of aliphatic carboxylic acids is 1. The van der Waals surface area contributed by atoms with E-state index in [1.165, 1.54) is 6.07 Å². The number of alkyl halides is 5. The van der Waals surface area contributed by atoms with Crippen LogP contribution in [0.25, 0.3) is 6.08 Å². The standard InChI is InChI=1S/C27H26F5NO5/c28-12-22(13-29)38-24-4-1-17(10-23(24)27(30,31)32)15-36-21-3-2-20-9-18(16-37-25(20)11-21)14-33-7-5-19(6-8-33)26(34)35/h1-5,9-11,22H,6-8,12-16H2,(H,34,35). The number of hydrogen-bond acceptors (Lipinski definition) is 5. The number of benzene rings is 2. The maximum absolute atomic E-state index is 13.5. The molecule has 0 bridgehead atoms. The zero-order valence-corrected chi connectivity index (χ0v) is 20.3. The number of hydrogen-bond donors (Lipinski definition) is 1. The summed E-state index contributed by atoms with van der Waals surface area (Å²) < 4.78 is 82.4. The Balaban J connectivity index is 1.39. The second kappa shape index (κ2) is 11.8. The lowest BCUT2D eigenvalue weighted by molar-refractivity contribution is -0.139. The third-order valence-electron chi connectivity index (χ3n) is 6.15. The van der Waals surface area contributed by atoms with Gasteiger partial charge in [0.1, 0.15) is 43.8 Å². The molecule has 2 heterocycles. The minimum absolute atomic E-state index is 0.181. The van der Waals surface area contributed by atoms with Crippen molar-refractivity contribution in [2.75, 3.05) is 39.6 Å². The van der Waals surface area contributed by atoms with Crippen molar-refractivity contribution in [1.29, 1.82) is 0 Å². The van der Waals surface area contributed by atoms with E-state index in [0.717, 1.165) is 23.3 Å². The van der Waals surface area contributed by atoms with E-state index < -0.39 is 42.9 Å². The number of carboxylic acids is 1. The smallest absolute Gasteiger partial charge is 0.419 e. The topological polar surface area (TPSA) is 68.2 Å². The zero-order valence-electron chi connectivity index (χ0n) is 20.3. The number of nitrogens with zero attached hydrogens (tertiary/aromatic N) is 1. The van der Waals surface area contributed by atoms with E-state index >= 15 is 0 Å². The first-order valence-electron chi connectivity index (χ1n) is 11.9. The van der Waals surface area contributed by atoms with Gasteiger partial charge in [-0.1, -0.05) is 12.1 Å². The van der Waals surface area contributed by atoms with E-state index in [9.17, 15) is 26.7 Å². The predicted octanol–water partition coefficient (Wildman–Crippen LogP) is 5.46. The van der Waals surface area contributed by atoms with Gasteiger partial charge in [0.25, 0.3) is 0 Å². The van der Waals surface area contributed by atoms with Gasteiger partial charge in [0, 0.05) is 36.8 Å². The number of fused-ring (bicyclic) bond motifs is 1. The highest BCUT2D eigenvalue weighted by atomic mass is 19.4. The quantitative estimate of drug-likeness (QED) is 0.405. The van der Waals surface area contributed by atoms with Crippen molar-refractivity contribution in [3.05, 3.63) is 70.3 Å². The van der Waals surface area contributed by atoms with E-state index in [2.05, 4.69) is 4.90 Å². The number of rotatable bonds is 10. The summed E-state index contributed by atoms with van der Waals surface area (Å²) >= 11 is 0.